The van der Waals surface area contributed by atoms with Gasteiger partial charge < -0.3 is 0 Å². The van der Waals surface area contributed by atoms with Gasteiger partial charge >= 0.3 is 0 Å². The quantitative estimate of drug-likeness (QED) is 0.798. The van der Waals surface area contributed by atoms with Gasteiger partial charge in [-0.1, -0.05) is 17.7 Å². The molecule has 3 nitrogen and oxygen atoms in total. The zero-order valence-corrected chi connectivity index (χ0v) is 9.57. The third-order valence-electron chi connectivity index (χ3n) is 2.32. The Kier molecular flexibility index (Phi) is 2.93. The van der Waals surface area contributed by atoms with Crippen molar-refractivity contribution in [1.29, 1.82) is 5.26 Å². The van der Waals surface area contributed by atoms with Crippen LogP contribution in [0, 0.1) is 18.3 Å². The van der Waals surface area contributed by atoms with Crippen LogP contribution >= 0.6 is 11.6 Å². The van der Waals surface area contributed by atoms with Crippen molar-refractivity contribution < 1.29 is 0 Å². The van der Waals surface area contributed by atoms with E-state index in [0.29, 0.717) is 6.42 Å². The summed E-state index contributed by atoms with van der Waals surface area (Å²) in [5.41, 5.74) is 2.70. The molecule has 1 aromatic heterocycles. The smallest absolute Gasteiger partial charge is 0.0793 e. The van der Waals surface area contributed by atoms with Crippen LogP contribution in [-0.2, 0) is 6.42 Å². The topological polar surface area (TPSA) is 41.6 Å². The molecule has 80 valence electrons. The van der Waals surface area contributed by atoms with Crippen molar-refractivity contribution in [1.82, 2.24) is 9.78 Å². The highest BCUT2D eigenvalue weighted by atomic mass is 35.5. The maximum absolute atomic E-state index is 8.56. The number of halogens is 1. The van der Waals surface area contributed by atoms with Gasteiger partial charge in [0.1, 0.15) is 0 Å². The first kappa shape index (κ1) is 10.7. The summed E-state index contributed by atoms with van der Waals surface area (Å²) in [5.74, 6) is 0. The first-order valence-corrected chi connectivity index (χ1v) is 5.26. The molecule has 0 N–H and O–H groups in total. The number of nitriles is 1. The molecule has 0 saturated carbocycles. The van der Waals surface area contributed by atoms with Crippen LogP contribution in [0.2, 0.25) is 5.02 Å². The van der Waals surface area contributed by atoms with Crippen molar-refractivity contribution in [3.63, 3.8) is 0 Å². The lowest BCUT2D eigenvalue weighted by Crippen LogP contribution is -1.96. The zero-order chi connectivity index (χ0) is 11.5. The lowest BCUT2D eigenvalue weighted by Gasteiger charge is -2.03. The number of hydrogen-bond donors (Lipinski definition) is 0. The molecule has 0 radical (unpaired) electrons. The van der Waals surface area contributed by atoms with Gasteiger partial charge in [0.2, 0.25) is 0 Å². The summed E-state index contributed by atoms with van der Waals surface area (Å²) in [5, 5.41) is 13.6. The van der Waals surface area contributed by atoms with Crippen LogP contribution in [0.25, 0.3) is 5.69 Å². The predicted molar refractivity (Wildman–Crippen MR) is 62.6 cm³/mol. The molecule has 0 aliphatic heterocycles. The highest BCUT2D eigenvalue weighted by Gasteiger charge is 2.02. The number of rotatable bonds is 2. The number of benzene rings is 1. The maximum atomic E-state index is 8.56. The van der Waals surface area contributed by atoms with Crippen LogP contribution in [0.5, 0.6) is 0 Å². The van der Waals surface area contributed by atoms with E-state index in [1.807, 2.05) is 37.4 Å². The fraction of sp³-hybridized carbons (Fsp3) is 0.167. The van der Waals surface area contributed by atoms with Crippen molar-refractivity contribution in [3.05, 3.63) is 46.7 Å². The molecule has 0 aliphatic rings. The van der Waals surface area contributed by atoms with Crippen LogP contribution in [0.3, 0.4) is 0 Å². The Bertz CT molecular complexity index is 552. The minimum atomic E-state index is 0.326. The van der Waals surface area contributed by atoms with Crippen LogP contribution in [0.15, 0.2) is 30.5 Å². The number of hydrogen-bond acceptors (Lipinski definition) is 2. The highest BCUT2D eigenvalue weighted by molar-refractivity contribution is 6.31. The summed E-state index contributed by atoms with van der Waals surface area (Å²) in [6.07, 6.45) is 2.15. The van der Waals surface area contributed by atoms with Crippen molar-refractivity contribution in [2.45, 2.75) is 13.3 Å². The van der Waals surface area contributed by atoms with Gasteiger partial charge in [0.05, 0.1) is 23.9 Å². The lowest BCUT2D eigenvalue weighted by atomic mass is 10.2. The monoisotopic (exact) mass is 231 g/mol. The fourth-order valence-corrected chi connectivity index (χ4v) is 1.58. The van der Waals surface area contributed by atoms with E-state index in [2.05, 4.69) is 11.2 Å². The summed E-state index contributed by atoms with van der Waals surface area (Å²) in [7, 11) is 0. The summed E-state index contributed by atoms with van der Waals surface area (Å²) in [6, 6.07) is 9.66. The molecule has 0 saturated heterocycles. The summed E-state index contributed by atoms with van der Waals surface area (Å²) >= 11 is 6.04. The van der Waals surface area contributed by atoms with E-state index in [0.717, 1.165) is 22.0 Å². The molecule has 2 aromatic rings. The lowest BCUT2D eigenvalue weighted by molar-refractivity contribution is 0.852. The van der Waals surface area contributed by atoms with Crippen molar-refractivity contribution in [3.8, 4) is 11.8 Å². The van der Waals surface area contributed by atoms with Crippen molar-refractivity contribution in [2.24, 2.45) is 0 Å². The Balaban J connectivity index is 2.36. The molecule has 0 atom stereocenters. The van der Waals surface area contributed by atoms with Crippen LogP contribution in [0.1, 0.15) is 11.3 Å². The SMILES string of the molecule is Cc1ccc(-n2ccc(CC#N)n2)cc1Cl. The van der Waals surface area contributed by atoms with E-state index in [4.69, 9.17) is 16.9 Å². The molecule has 2 rings (SSSR count). The van der Waals surface area contributed by atoms with Crippen LogP contribution in [-0.4, -0.2) is 9.78 Å². The van der Waals surface area contributed by atoms with E-state index in [1.54, 1.807) is 4.68 Å². The third kappa shape index (κ3) is 2.07. The Morgan fingerprint density at radius 3 is 2.94 bits per heavy atom. The molecule has 1 heterocycles. The molecule has 0 unspecified atom stereocenters. The molecule has 1 aromatic carbocycles. The average Bonchev–Trinajstić information content (AvgIpc) is 2.71. The van der Waals surface area contributed by atoms with Gasteiger partial charge in [0.15, 0.2) is 0 Å². The molecule has 0 spiro atoms. The van der Waals surface area contributed by atoms with Crippen LogP contribution in [0.4, 0.5) is 0 Å². The van der Waals surface area contributed by atoms with Gasteiger partial charge in [0.25, 0.3) is 0 Å². The molecule has 0 fully saturated rings. The Hall–Kier alpha value is -1.79. The van der Waals surface area contributed by atoms with E-state index in [-0.39, 0.29) is 0 Å². The van der Waals surface area contributed by atoms with Gasteiger partial charge in [-0.3, -0.25) is 0 Å². The average molecular weight is 232 g/mol. The molecule has 0 aliphatic carbocycles. The predicted octanol–water partition coefficient (Wildman–Crippen LogP) is 2.90. The Morgan fingerprint density at radius 2 is 2.25 bits per heavy atom. The molecular weight excluding hydrogens is 222 g/mol. The van der Waals surface area contributed by atoms with E-state index in [9.17, 15) is 0 Å². The van der Waals surface area contributed by atoms with E-state index in [1.165, 1.54) is 0 Å². The van der Waals surface area contributed by atoms with Crippen molar-refractivity contribution in [2.75, 3.05) is 0 Å². The Labute approximate surface area is 98.9 Å². The number of nitrogens with zero attached hydrogens (tertiary/aromatic N) is 3. The summed E-state index contributed by atoms with van der Waals surface area (Å²) < 4.78 is 1.72. The van der Waals surface area contributed by atoms with Gasteiger partial charge in [-0.05, 0) is 30.7 Å². The van der Waals surface area contributed by atoms with Crippen LogP contribution < -0.4 is 0 Å². The van der Waals surface area contributed by atoms with E-state index < -0.39 is 0 Å². The highest BCUT2D eigenvalue weighted by Crippen LogP contribution is 2.19. The van der Waals surface area contributed by atoms with Gasteiger partial charge in [-0.2, -0.15) is 10.4 Å². The first-order chi connectivity index (χ1) is 7.70. The second kappa shape index (κ2) is 4.38. The first-order valence-electron chi connectivity index (χ1n) is 4.89. The standard InChI is InChI=1S/C12H10ClN3/c1-9-2-3-11(8-12(9)13)16-7-5-10(15-16)4-6-14/h2-3,5,7-8H,4H2,1H3. The molecule has 4 heteroatoms. The minimum Gasteiger partial charge on any atom is -0.241 e. The minimum absolute atomic E-state index is 0.326. The Morgan fingerprint density at radius 1 is 1.44 bits per heavy atom. The second-order valence-corrected chi connectivity index (χ2v) is 3.93. The van der Waals surface area contributed by atoms with E-state index >= 15 is 0 Å². The summed E-state index contributed by atoms with van der Waals surface area (Å²) in [6.45, 7) is 1.95. The molecular formula is C12H10ClN3. The second-order valence-electron chi connectivity index (χ2n) is 3.52. The van der Waals surface area contributed by atoms with Gasteiger partial charge in [-0.15, -0.1) is 0 Å². The molecule has 0 amide bonds. The number of aromatic nitrogens is 2. The number of aryl methyl sites for hydroxylation is 1. The molecule has 16 heavy (non-hydrogen) atoms. The normalized spacial score (nSPS) is 10.1. The maximum Gasteiger partial charge on any atom is 0.0793 e. The molecule has 0 bridgehead atoms. The van der Waals surface area contributed by atoms with Gasteiger partial charge in [-0.25, -0.2) is 4.68 Å². The van der Waals surface area contributed by atoms with Crippen molar-refractivity contribution >= 4 is 11.6 Å². The fourth-order valence-electron chi connectivity index (χ4n) is 1.41. The summed E-state index contributed by atoms with van der Waals surface area (Å²) in [4.78, 5) is 0. The van der Waals surface area contributed by atoms with Gasteiger partial charge in [0, 0.05) is 11.2 Å². The zero-order valence-electron chi connectivity index (χ0n) is 8.81. The third-order valence-corrected chi connectivity index (χ3v) is 2.73. The largest absolute Gasteiger partial charge is 0.241 e.